The summed E-state index contributed by atoms with van der Waals surface area (Å²) < 4.78 is 0. The Balaban J connectivity index is 1.69. The molecular formula is C13H18N4O2. The zero-order valence-corrected chi connectivity index (χ0v) is 11.1. The summed E-state index contributed by atoms with van der Waals surface area (Å²) >= 11 is 0. The molecule has 2 aliphatic heterocycles. The van der Waals surface area contributed by atoms with E-state index in [9.17, 15) is 14.9 Å². The van der Waals surface area contributed by atoms with E-state index in [-0.39, 0.29) is 18.0 Å². The van der Waals surface area contributed by atoms with Gasteiger partial charge in [-0.3, -0.25) is 4.79 Å². The second kappa shape index (κ2) is 4.12. The van der Waals surface area contributed by atoms with Gasteiger partial charge in [0.05, 0.1) is 12.1 Å². The Morgan fingerprint density at radius 1 is 1.47 bits per heavy atom. The minimum Gasteiger partial charge on any atom is -0.337 e. The van der Waals surface area contributed by atoms with E-state index in [1.807, 2.05) is 0 Å². The highest BCUT2D eigenvalue weighted by molar-refractivity contribution is 5.87. The van der Waals surface area contributed by atoms with Crippen LogP contribution in [0.3, 0.4) is 0 Å². The molecule has 0 radical (unpaired) electrons. The molecule has 6 heteroatoms. The second-order valence-corrected chi connectivity index (χ2v) is 5.99. The molecule has 2 heterocycles. The number of nitrogens with zero attached hydrogens (tertiary/aromatic N) is 3. The van der Waals surface area contributed by atoms with E-state index in [2.05, 4.69) is 18.3 Å². The number of hydrogen-bond acceptors (Lipinski definition) is 3. The molecule has 3 aliphatic rings. The van der Waals surface area contributed by atoms with Crippen molar-refractivity contribution in [2.75, 3.05) is 26.2 Å². The predicted molar refractivity (Wildman–Crippen MR) is 66.9 cm³/mol. The second-order valence-electron chi connectivity index (χ2n) is 5.99. The lowest BCUT2D eigenvalue weighted by Gasteiger charge is -2.45. The molecule has 1 atom stereocenters. The van der Waals surface area contributed by atoms with Gasteiger partial charge in [0, 0.05) is 26.2 Å². The van der Waals surface area contributed by atoms with Crippen molar-refractivity contribution in [3.8, 4) is 6.07 Å². The number of urea groups is 1. The van der Waals surface area contributed by atoms with Crippen LogP contribution in [-0.2, 0) is 4.79 Å². The first-order valence-corrected chi connectivity index (χ1v) is 6.81. The van der Waals surface area contributed by atoms with Crippen LogP contribution in [0.1, 0.15) is 19.8 Å². The van der Waals surface area contributed by atoms with Gasteiger partial charge in [0.25, 0.3) is 0 Å². The molecule has 0 aromatic rings. The maximum absolute atomic E-state index is 12.5. The van der Waals surface area contributed by atoms with Crippen LogP contribution in [-0.4, -0.2) is 54.0 Å². The molecule has 1 unspecified atom stereocenters. The van der Waals surface area contributed by atoms with E-state index in [4.69, 9.17) is 0 Å². The van der Waals surface area contributed by atoms with Crippen molar-refractivity contribution in [1.29, 1.82) is 5.26 Å². The van der Waals surface area contributed by atoms with Crippen molar-refractivity contribution in [1.82, 2.24) is 15.1 Å². The molecule has 0 aromatic carbocycles. The van der Waals surface area contributed by atoms with E-state index in [1.54, 1.807) is 9.80 Å². The van der Waals surface area contributed by atoms with Crippen LogP contribution in [0, 0.1) is 22.7 Å². The van der Waals surface area contributed by atoms with Gasteiger partial charge >= 0.3 is 6.03 Å². The monoisotopic (exact) mass is 262 g/mol. The highest BCUT2D eigenvalue weighted by Gasteiger charge is 2.52. The Bertz CT molecular complexity index is 464. The van der Waals surface area contributed by atoms with Gasteiger partial charge in [-0.25, -0.2) is 4.79 Å². The van der Waals surface area contributed by atoms with E-state index < -0.39 is 5.41 Å². The van der Waals surface area contributed by atoms with Gasteiger partial charge in [-0.05, 0) is 18.8 Å². The van der Waals surface area contributed by atoms with E-state index in [1.165, 1.54) is 0 Å². The Labute approximate surface area is 112 Å². The lowest BCUT2D eigenvalue weighted by Crippen LogP contribution is -2.58. The lowest BCUT2D eigenvalue weighted by molar-refractivity contribution is -0.147. The average molecular weight is 262 g/mol. The standard InChI is InChI=1S/C13H18N4O2/c1-9-4-13(5-9,8-14)11(18)16-2-3-17-10(7-16)6-15-12(17)19/h9-10H,2-7H2,1H3,(H,15,19). The van der Waals surface area contributed by atoms with Gasteiger partial charge in [-0.1, -0.05) is 6.92 Å². The van der Waals surface area contributed by atoms with E-state index >= 15 is 0 Å². The van der Waals surface area contributed by atoms with Crippen LogP contribution in [0.4, 0.5) is 4.79 Å². The van der Waals surface area contributed by atoms with Gasteiger partial charge in [0.2, 0.25) is 5.91 Å². The van der Waals surface area contributed by atoms with Crippen molar-refractivity contribution < 1.29 is 9.59 Å². The van der Waals surface area contributed by atoms with E-state index in [0.29, 0.717) is 44.9 Å². The SMILES string of the molecule is CC1CC(C#N)(C(=O)N2CCN3C(=O)NCC3C2)C1. The number of piperazine rings is 1. The lowest BCUT2D eigenvalue weighted by atomic mass is 9.62. The van der Waals surface area contributed by atoms with Gasteiger partial charge in [-0.15, -0.1) is 0 Å². The third-order valence-electron chi connectivity index (χ3n) is 4.54. The predicted octanol–water partition coefficient (Wildman–Crippen LogP) is 0.162. The smallest absolute Gasteiger partial charge is 0.317 e. The highest BCUT2D eigenvalue weighted by Crippen LogP contribution is 2.46. The molecule has 3 rings (SSSR count). The van der Waals surface area contributed by atoms with Gasteiger partial charge in [-0.2, -0.15) is 5.26 Å². The fourth-order valence-electron chi connectivity index (χ4n) is 3.53. The molecular weight excluding hydrogens is 244 g/mol. The summed E-state index contributed by atoms with van der Waals surface area (Å²) in [5.74, 6) is 0.423. The van der Waals surface area contributed by atoms with Crippen molar-refractivity contribution in [3.63, 3.8) is 0 Å². The molecule has 19 heavy (non-hydrogen) atoms. The van der Waals surface area contributed by atoms with Gasteiger partial charge in [0.1, 0.15) is 5.41 Å². The van der Waals surface area contributed by atoms with Crippen molar-refractivity contribution >= 4 is 11.9 Å². The first-order valence-electron chi connectivity index (χ1n) is 6.81. The third-order valence-corrected chi connectivity index (χ3v) is 4.54. The summed E-state index contributed by atoms with van der Waals surface area (Å²) in [6, 6.07) is 2.25. The molecule has 1 aliphatic carbocycles. The molecule has 3 fully saturated rings. The molecule has 1 saturated carbocycles. The van der Waals surface area contributed by atoms with Crippen LogP contribution in [0.5, 0.6) is 0 Å². The zero-order valence-electron chi connectivity index (χ0n) is 11.1. The molecule has 102 valence electrons. The third kappa shape index (κ3) is 1.76. The fourth-order valence-corrected chi connectivity index (χ4v) is 3.53. The summed E-state index contributed by atoms with van der Waals surface area (Å²) in [6.45, 7) is 4.33. The number of carbonyl (C=O) groups is 2. The van der Waals surface area contributed by atoms with Crippen LogP contribution in [0.15, 0.2) is 0 Å². The fraction of sp³-hybridized carbons (Fsp3) is 0.769. The van der Waals surface area contributed by atoms with Crippen LogP contribution >= 0.6 is 0 Å². The number of amides is 3. The summed E-state index contributed by atoms with van der Waals surface area (Å²) in [4.78, 5) is 27.6. The molecule has 0 bridgehead atoms. The Kier molecular flexibility index (Phi) is 2.66. The van der Waals surface area contributed by atoms with E-state index in [0.717, 1.165) is 0 Å². The van der Waals surface area contributed by atoms with Gasteiger partial charge < -0.3 is 15.1 Å². The maximum atomic E-state index is 12.5. The molecule has 2 saturated heterocycles. The number of fused-ring (bicyclic) bond motifs is 1. The first-order chi connectivity index (χ1) is 9.05. The zero-order chi connectivity index (χ0) is 13.6. The normalized spacial score (nSPS) is 37.2. The number of rotatable bonds is 1. The largest absolute Gasteiger partial charge is 0.337 e. The molecule has 1 N–H and O–H groups in total. The maximum Gasteiger partial charge on any atom is 0.317 e. The minimum absolute atomic E-state index is 0.0351. The summed E-state index contributed by atoms with van der Waals surface area (Å²) in [6.07, 6.45) is 1.34. The quantitative estimate of drug-likeness (QED) is 0.731. The van der Waals surface area contributed by atoms with Crippen LogP contribution < -0.4 is 5.32 Å². The van der Waals surface area contributed by atoms with Gasteiger partial charge in [0.15, 0.2) is 0 Å². The summed E-state index contributed by atoms with van der Waals surface area (Å²) in [5.41, 5.74) is -0.794. The topological polar surface area (TPSA) is 76.4 Å². The Hall–Kier alpha value is -1.77. The van der Waals surface area contributed by atoms with Crippen molar-refractivity contribution in [3.05, 3.63) is 0 Å². The minimum atomic E-state index is -0.794. The van der Waals surface area contributed by atoms with Crippen molar-refractivity contribution in [2.45, 2.75) is 25.8 Å². The highest BCUT2D eigenvalue weighted by atomic mass is 16.2. The van der Waals surface area contributed by atoms with Crippen molar-refractivity contribution in [2.24, 2.45) is 11.3 Å². The number of hydrogen-bond donors (Lipinski definition) is 1. The molecule has 0 aromatic heterocycles. The Morgan fingerprint density at radius 3 is 2.84 bits per heavy atom. The molecule has 6 nitrogen and oxygen atoms in total. The van der Waals surface area contributed by atoms with Crippen LogP contribution in [0.25, 0.3) is 0 Å². The number of carbonyl (C=O) groups excluding carboxylic acids is 2. The van der Waals surface area contributed by atoms with Crippen LogP contribution in [0.2, 0.25) is 0 Å². The number of nitrogens with one attached hydrogen (secondary N) is 1. The summed E-state index contributed by atoms with van der Waals surface area (Å²) in [7, 11) is 0. The average Bonchev–Trinajstić information content (AvgIpc) is 2.75. The molecule has 3 amide bonds. The summed E-state index contributed by atoms with van der Waals surface area (Å²) in [5, 5.41) is 12.1. The Morgan fingerprint density at radius 2 is 2.21 bits per heavy atom. The number of nitriles is 1. The molecule has 0 spiro atoms. The first kappa shape index (κ1) is 12.3.